The van der Waals surface area contributed by atoms with Gasteiger partial charge in [-0.25, -0.2) is 0 Å². The summed E-state index contributed by atoms with van der Waals surface area (Å²) >= 11 is 0. The largest absolute Gasteiger partial charge is 0.479 e. The number of amides is 1. The molecule has 0 aliphatic heterocycles. The van der Waals surface area contributed by atoms with Crippen molar-refractivity contribution in [1.82, 2.24) is 14.9 Å². The van der Waals surface area contributed by atoms with E-state index in [0.717, 1.165) is 11.1 Å². The van der Waals surface area contributed by atoms with Crippen LogP contribution in [0.1, 0.15) is 53.4 Å². The molecule has 0 saturated heterocycles. The van der Waals surface area contributed by atoms with Crippen LogP contribution in [-0.4, -0.2) is 40.8 Å². The number of rotatable bonds is 9. The summed E-state index contributed by atoms with van der Waals surface area (Å²) in [7, 11) is 1.53. The summed E-state index contributed by atoms with van der Waals surface area (Å²) in [5, 5.41) is 11.9. The van der Waals surface area contributed by atoms with Crippen LogP contribution in [0, 0.1) is 6.92 Å². The van der Waals surface area contributed by atoms with Crippen molar-refractivity contribution in [2.75, 3.05) is 20.3 Å². The molecule has 3 aromatic rings. The Hall–Kier alpha value is -3.12. The monoisotopic (exact) mass is 421 g/mol. The Morgan fingerprint density at radius 2 is 1.94 bits per heavy atom. The molecule has 0 bridgehead atoms. The van der Waals surface area contributed by atoms with Crippen LogP contribution >= 0.6 is 0 Å². The lowest BCUT2D eigenvalue weighted by Gasteiger charge is -2.14. The third-order valence-electron chi connectivity index (χ3n) is 5.24. The molecule has 1 heterocycles. The maximum atomic E-state index is 13.1. The van der Waals surface area contributed by atoms with Gasteiger partial charge in [-0.3, -0.25) is 4.79 Å². The average molecular weight is 422 g/mol. The van der Waals surface area contributed by atoms with E-state index in [1.54, 1.807) is 0 Å². The molecule has 2 N–H and O–H groups in total. The van der Waals surface area contributed by atoms with Crippen molar-refractivity contribution in [2.45, 2.75) is 39.7 Å². The van der Waals surface area contributed by atoms with Crippen LogP contribution in [-0.2, 0) is 6.54 Å². The number of aliphatic hydroxyl groups excluding tert-OH is 1. The molecule has 0 aliphatic rings. The Morgan fingerprint density at radius 3 is 2.58 bits per heavy atom. The van der Waals surface area contributed by atoms with Crippen LogP contribution in [0.15, 0.2) is 48.5 Å². The van der Waals surface area contributed by atoms with Gasteiger partial charge in [0.2, 0.25) is 5.88 Å². The molecule has 0 aliphatic carbocycles. The fourth-order valence-corrected chi connectivity index (χ4v) is 3.44. The molecule has 6 nitrogen and oxygen atoms in total. The highest BCUT2D eigenvalue weighted by molar-refractivity contribution is 5.95. The van der Waals surface area contributed by atoms with E-state index in [4.69, 9.17) is 14.8 Å². The molecule has 31 heavy (non-hydrogen) atoms. The molecular formula is C25H31N3O3. The van der Waals surface area contributed by atoms with Gasteiger partial charge in [0.05, 0.1) is 7.11 Å². The highest BCUT2D eigenvalue weighted by atomic mass is 16.5. The lowest BCUT2D eigenvalue weighted by atomic mass is 10.0. The second-order valence-electron chi connectivity index (χ2n) is 7.98. The van der Waals surface area contributed by atoms with Crippen molar-refractivity contribution in [3.05, 3.63) is 70.9 Å². The smallest absolute Gasteiger partial charge is 0.273 e. The molecule has 1 aromatic heterocycles. The second kappa shape index (κ2) is 10.3. The van der Waals surface area contributed by atoms with E-state index in [2.05, 4.69) is 55.6 Å². The zero-order valence-electron chi connectivity index (χ0n) is 18.7. The summed E-state index contributed by atoms with van der Waals surface area (Å²) in [6.07, 6.45) is 0.490. The van der Waals surface area contributed by atoms with Gasteiger partial charge >= 0.3 is 0 Å². The minimum atomic E-state index is -0.267. The number of aliphatic hydroxyl groups is 1. The quantitative estimate of drug-likeness (QED) is 0.509. The predicted octanol–water partition coefficient (Wildman–Crippen LogP) is 4.15. The minimum absolute atomic E-state index is 0.0211. The molecule has 0 unspecified atom stereocenters. The number of carbonyl (C=O) groups excluding carboxylic acids is 1. The van der Waals surface area contributed by atoms with Crippen LogP contribution in [0.5, 0.6) is 5.88 Å². The molecule has 0 spiro atoms. The standard InChI is InChI=1S/C25H31N3O3/c1-17(2)20-7-5-8-21(15-20)23-27-25(31-4)22(24(30)26-13-6-14-29)28(23)16-19-11-9-18(3)10-12-19/h5,7-12,15,17,29H,6,13-14,16H2,1-4H3,(H,26,30). The van der Waals surface area contributed by atoms with Gasteiger partial charge in [-0.2, -0.15) is 4.98 Å². The highest BCUT2D eigenvalue weighted by Gasteiger charge is 2.25. The van der Waals surface area contributed by atoms with Crippen molar-refractivity contribution in [3.8, 4) is 17.3 Å². The third-order valence-corrected chi connectivity index (χ3v) is 5.24. The number of aromatic nitrogens is 2. The number of carbonyl (C=O) groups is 1. The zero-order valence-corrected chi connectivity index (χ0v) is 18.7. The molecule has 6 heteroatoms. The van der Waals surface area contributed by atoms with Crippen LogP contribution in [0.2, 0.25) is 0 Å². The van der Waals surface area contributed by atoms with E-state index in [-0.39, 0.29) is 12.5 Å². The number of nitrogens with one attached hydrogen (secondary N) is 1. The summed E-state index contributed by atoms with van der Waals surface area (Å²) < 4.78 is 7.42. The number of imidazole rings is 1. The SMILES string of the molecule is COc1nc(-c2cccc(C(C)C)c2)n(Cc2ccc(C)cc2)c1C(=O)NCCCO. The van der Waals surface area contributed by atoms with Gasteiger partial charge in [-0.15, -0.1) is 0 Å². The maximum Gasteiger partial charge on any atom is 0.273 e. The molecular weight excluding hydrogens is 390 g/mol. The molecule has 0 radical (unpaired) electrons. The summed E-state index contributed by atoms with van der Waals surface area (Å²) in [5.41, 5.74) is 4.77. The van der Waals surface area contributed by atoms with E-state index in [9.17, 15) is 4.79 Å². The Labute approximate surface area is 183 Å². The number of ether oxygens (including phenoxy) is 1. The first kappa shape index (κ1) is 22.6. The van der Waals surface area contributed by atoms with Gasteiger partial charge in [0, 0.05) is 25.3 Å². The van der Waals surface area contributed by atoms with Gasteiger partial charge in [0.15, 0.2) is 5.69 Å². The highest BCUT2D eigenvalue weighted by Crippen LogP contribution is 2.30. The molecule has 164 valence electrons. The summed E-state index contributed by atoms with van der Waals surface area (Å²) in [4.78, 5) is 17.7. The topological polar surface area (TPSA) is 76.4 Å². The van der Waals surface area contributed by atoms with E-state index < -0.39 is 0 Å². The van der Waals surface area contributed by atoms with Crippen molar-refractivity contribution in [3.63, 3.8) is 0 Å². The van der Waals surface area contributed by atoms with Crippen LogP contribution in [0.3, 0.4) is 0 Å². The molecule has 3 rings (SSSR count). The first-order chi connectivity index (χ1) is 14.9. The van der Waals surface area contributed by atoms with Gasteiger partial charge in [-0.1, -0.05) is 61.9 Å². The Balaban J connectivity index is 2.11. The molecule has 0 atom stereocenters. The van der Waals surface area contributed by atoms with Crippen molar-refractivity contribution >= 4 is 5.91 Å². The molecule has 2 aromatic carbocycles. The van der Waals surface area contributed by atoms with Gasteiger partial charge in [-0.05, 0) is 36.5 Å². The first-order valence-electron chi connectivity index (χ1n) is 10.6. The van der Waals surface area contributed by atoms with Crippen molar-refractivity contribution in [2.24, 2.45) is 0 Å². The Morgan fingerprint density at radius 1 is 1.19 bits per heavy atom. The lowest BCUT2D eigenvalue weighted by Crippen LogP contribution is -2.28. The van der Waals surface area contributed by atoms with Crippen molar-refractivity contribution in [1.29, 1.82) is 0 Å². The van der Waals surface area contributed by atoms with Gasteiger partial charge in [0.1, 0.15) is 5.82 Å². The predicted molar refractivity (Wildman–Crippen MR) is 123 cm³/mol. The van der Waals surface area contributed by atoms with E-state index in [1.165, 1.54) is 18.2 Å². The second-order valence-corrected chi connectivity index (χ2v) is 7.98. The lowest BCUT2D eigenvalue weighted by molar-refractivity contribution is 0.0939. The van der Waals surface area contributed by atoms with Gasteiger partial charge < -0.3 is 19.7 Å². The summed E-state index contributed by atoms with van der Waals surface area (Å²) in [6.45, 7) is 7.24. The van der Waals surface area contributed by atoms with Crippen LogP contribution in [0.25, 0.3) is 11.4 Å². The molecule has 0 saturated carbocycles. The number of hydrogen-bond acceptors (Lipinski definition) is 4. The van der Waals surface area contributed by atoms with E-state index in [0.29, 0.717) is 42.8 Å². The third kappa shape index (κ3) is 5.33. The number of hydrogen-bond donors (Lipinski definition) is 2. The van der Waals surface area contributed by atoms with E-state index in [1.807, 2.05) is 23.6 Å². The number of nitrogens with zero attached hydrogens (tertiary/aromatic N) is 2. The number of aryl methyl sites for hydroxylation is 1. The number of benzene rings is 2. The Kier molecular flexibility index (Phi) is 7.47. The summed E-state index contributed by atoms with van der Waals surface area (Å²) in [6, 6.07) is 16.5. The minimum Gasteiger partial charge on any atom is -0.479 e. The van der Waals surface area contributed by atoms with Crippen LogP contribution < -0.4 is 10.1 Å². The normalized spacial score (nSPS) is 11.0. The van der Waals surface area contributed by atoms with Gasteiger partial charge in [0.25, 0.3) is 5.91 Å². The van der Waals surface area contributed by atoms with E-state index >= 15 is 0 Å². The number of methoxy groups -OCH3 is 1. The molecule has 0 fully saturated rings. The average Bonchev–Trinajstić information content (AvgIpc) is 3.14. The summed E-state index contributed by atoms with van der Waals surface area (Å²) in [5.74, 6) is 1.09. The fourth-order valence-electron chi connectivity index (χ4n) is 3.44. The Bertz CT molecular complexity index is 1020. The van der Waals surface area contributed by atoms with Crippen LogP contribution in [0.4, 0.5) is 0 Å². The fraction of sp³-hybridized carbons (Fsp3) is 0.360. The maximum absolute atomic E-state index is 13.1. The molecule has 1 amide bonds. The zero-order chi connectivity index (χ0) is 22.4. The first-order valence-corrected chi connectivity index (χ1v) is 10.6. The van der Waals surface area contributed by atoms with Crippen molar-refractivity contribution < 1.29 is 14.6 Å².